The fourth-order valence-electron chi connectivity index (χ4n) is 0.375. The van der Waals surface area contributed by atoms with E-state index in [1.165, 1.54) is 12.1 Å². The van der Waals surface area contributed by atoms with E-state index in [2.05, 4.69) is 0 Å². The second-order valence-corrected chi connectivity index (χ2v) is 2.23. The van der Waals surface area contributed by atoms with Crippen molar-refractivity contribution >= 4 is 11.3 Å². The molecule has 1 N–H and O–H groups in total. The van der Waals surface area contributed by atoms with E-state index in [4.69, 9.17) is 5.11 Å². The van der Waals surface area contributed by atoms with Crippen LogP contribution in [0, 0.1) is 0 Å². The van der Waals surface area contributed by atoms with Crippen molar-refractivity contribution in [1.82, 2.24) is 0 Å². The lowest BCUT2D eigenvalue weighted by Crippen LogP contribution is -1.90. The highest BCUT2D eigenvalue weighted by Gasteiger charge is 1.84. The SMILES string of the molecule is O=c1ccsc(O)c1. The molecule has 1 rings (SSSR count). The lowest BCUT2D eigenvalue weighted by atomic mass is 10.5. The van der Waals surface area contributed by atoms with E-state index in [0.29, 0.717) is 0 Å². The molecular formula is C5H4O2S. The largest absolute Gasteiger partial charge is 0.499 e. The van der Waals surface area contributed by atoms with Crippen LogP contribution in [0.1, 0.15) is 0 Å². The maximum Gasteiger partial charge on any atom is 0.184 e. The van der Waals surface area contributed by atoms with E-state index < -0.39 is 0 Å². The summed E-state index contributed by atoms with van der Waals surface area (Å²) in [6, 6.07) is 2.59. The minimum atomic E-state index is -0.152. The van der Waals surface area contributed by atoms with Gasteiger partial charge in [0.25, 0.3) is 0 Å². The summed E-state index contributed by atoms with van der Waals surface area (Å²) in [7, 11) is 0. The molecule has 0 fully saturated rings. The molecule has 0 saturated carbocycles. The van der Waals surface area contributed by atoms with Crippen LogP contribution in [0.3, 0.4) is 0 Å². The Morgan fingerprint density at radius 2 is 2.38 bits per heavy atom. The highest BCUT2D eigenvalue weighted by Crippen LogP contribution is 2.09. The zero-order chi connectivity index (χ0) is 5.98. The predicted molar refractivity (Wildman–Crippen MR) is 32.3 cm³/mol. The van der Waals surface area contributed by atoms with Crippen LogP contribution in [0.2, 0.25) is 0 Å². The Kier molecular flexibility index (Phi) is 1.30. The number of aromatic hydroxyl groups is 1. The van der Waals surface area contributed by atoms with Crippen molar-refractivity contribution in [3.63, 3.8) is 0 Å². The first-order valence-corrected chi connectivity index (χ1v) is 2.95. The summed E-state index contributed by atoms with van der Waals surface area (Å²) >= 11 is 1.14. The van der Waals surface area contributed by atoms with Crippen molar-refractivity contribution in [1.29, 1.82) is 0 Å². The molecule has 1 aromatic heterocycles. The third-order valence-electron chi connectivity index (χ3n) is 0.687. The Labute approximate surface area is 50.0 Å². The monoisotopic (exact) mass is 128 g/mol. The van der Waals surface area contributed by atoms with E-state index in [0.717, 1.165) is 11.3 Å². The van der Waals surface area contributed by atoms with Gasteiger partial charge in [0.05, 0.1) is 0 Å². The normalized spacial score (nSPS) is 9.00. The van der Waals surface area contributed by atoms with Crippen LogP contribution < -0.4 is 5.43 Å². The minimum absolute atomic E-state index is 0.0671. The van der Waals surface area contributed by atoms with Gasteiger partial charge in [-0.3, -0.25) is 4.79 Å². The van der Waals surface area contributed by atoms with E-state index >= 15 is 0 Å². The molecule has 0 saturated heterocycles. The Morgan fingerprint density at radius 1 is 1.62 bits per heavy atom. The molecule has 0 bridgehead atoms. The molecule has 1 heterocycles. The van der Waals surface area contributed by atoms with Gasteiger partial charge in [0.2, 0.25) is 0 Å². The smallest absolute Gasteiger partial charge is 0.184 e. The van der Waals surface area contributed by atoms with Gasteiger partial charge in [-0.2, -0.15) is 0 Å². The maximum atomic E-state index is 10.3. The van der Waals surface area contributed by atoms with Gasteiger partial charge in [-0.15, -0.1) is 11.3 Å². The van der Waals surface area contributed by atoms with Crippen LogP contribution in [-0.4, -0.2) is 5.11 Å². The van der Waals surface area contributed by atoms with E-state index in [9.17, 15) is 4.79 Å². The van der Waals surface area contributed by atoms with Crippen molar-refractivity contribution < 1.29 is 5.11 Å². The first-order chi connectivity index (χ1) is 3.79. The number of hydrogen-bond acceptors (Lipinski definition) is 3. The fraction of sp³-hybridized carbons (Fsp3) is 0. The van der Waals surface area contributed by atoms with Crippen LogP contribution in [0.5, 0.6) is 5.06 Å². The van der Waals surface area contributed by atoms with Crippen LogP contribution >= 0.6 is 11.3 Å². The van der Waals surface area contributed by atoms with Crippen molar-refractivity contribution in [3.8, 4) is 5.06 Å². The van der Waals surface area contributed by atoms with Gasteiger partial charge < -0.3 is 5.11 Å². The van der Waals surface area contributed by atoms with Gasteiger partial charge in [-0.1, -0.05) is 0 Å². The number of hydrogen-bond donors (Lipinski definition) is 1. The quantitative estimate of drug-likeness (QED) is 0.561. The van der Waals surface area contributed by atoms with Crippen LogP contribution in [0.25, 0.3) is 0 Å². The minimum Gasteiger partial charge on any atom is -0.499 e. The molecule has 3 heteroatoms. The van der Waals surface area contributed by atoms with Gasteiger partial charge >= 0.3 is 0 Å². The summed E-state index contributed by atoms with van der Waals surface area (Å²) in [6.45, 7) is 0. The number of rotatable bonds is 0. The third kappa shape index (κ3) is 1.07. The fourth-order valence-corrected chi connectivity index (χ4v) is 0.900. The molecule has 0 atom stereocenters. The van der Waals surface area contributed by atoms with Crippen LogP contribution in [0.15, 0.2) is 22.3 Å². The predicted octanol–water partition coefficient (Wildman–Crippen LogP) is 0.814. The molecule has 1 aromatic rings. The van der Waals surface area contributed by atoms with Gasteiger partial charge in [0, 0.05) is 6.07 Å². The molecule has 0 radical (unpaired) electrons. The average Bonchev–Trinajstić information content (AvgIpc) is 1.64. The van der Waals surface area contributed by atoms with E-state index in [1.54, 1.807) is 5.38 Å². The van der Waals surface area contributed by atoms with E-state index in [1.807, 2.05) is 0 Å². The molecule has 8 heavy (non-hydrogen) atoms. The molecular weight excluding hydrogens is 124 g/mol. The Bertz CT molecular complexity index is 228. The molecule has 0 aromatic carbocycles. The molecule has 0 aliphatic carbocycles. The zero-order valence-corrected chi connectivity index (χ0v) is 4.81. The Morgan fingerprint density at radius 3 is 2.75 bits per heavy atom. The lowest BCUT2D eigenvalue weighted by Gasteiger charge is -1.81. The second kappa shape index (κ2) is 1.96. The standard InChI is InChI=1S/C5H4O2S/c6-4-1-2-8-5(7)3-4/h1-3,7H. The lowest BCUT2D eigenvalue weighted by molar-refractivity contribution is 0.489. The Balaban J connectivity index is 3.28. The molecule has 0 amide bonds. The first kappa shape index (κ1) is 5.31. The summed E-state index contributed by atoms with van der Waals surface area (Å²) in [5.74, 6) is 0. The third-order valence-corrected chi connectivity index (χ3v) is 1.32. The molecule has 0 aliphatic rings. The van der Waals surface area contributed by atoms with Crippen molar-refractivity contribution in [2.45, 2.75) is 0 Å². The topological polar surface area (TPSA) is 37.3 Å². The van der Waals surface area contributed by atoms with Gasteiger partial charge in [-0.25, -0.2) is 0 Å². The summed E-state index contributed by atoms with van der Waals surface area (Å²) in [6.07, 6.45) is 0. The first-order valence-electron chi connectivity index (χ1n) is 2.07. The second-order valence-electron chi connectivity index (χ2n) is 1.31. The summed E-state index contributed by atoms with van der Waals surface area (Å²) < 4.78 is 0. The van der Waals surface area contributed by atoms with Crippen molar-refractivity contribution in [2.75, 3.05) is 0 Å². The molecule has 42 valence electrons. The maximum absolute atomic E-state index is 10.3. The average molecular weight is 128 g/mol. The van der Waals surface area contributed by atoms with Gasteiger partial charge in [-0.05, 0) is 11.4 Å². The van der Waals surface area contributed by atoms with Gasteiger partial charge in [0.15, 0.2) is 10.5 Å². The van der Waals surface area contributed by atoms with E-state index in [-0.39, 0.29) is 10.5 Å². The van der Waals surface area contributed by atoms with Crippen molar-refractivity contribution in [2.24, 2.45) is 0 Å². The Hall–Kier alpha value is -0.830. The van der Waals surface area contributed by atoms with Crippen LogP contribution in [-0.2, 0) is 0 Å². The van der Waals surface area contributed by atoms with Gasteiger partial charge in [0.1, 0.15) is 0 Å². The van der Waals surface area contributed by atoms with Crippen LogP contribution in [0.4, 0.5) is 0 Å². The zero-order valence-electron chi connectivity index (χ0n) is 4.00. The summed E-state index contributed by atoms with van der Waals surface area (Å²) in [4.78, 5) is 10.3. The molecule has 0 spiro atoms. The summed E-state index contributed by atoms with van der Waals surface area (Å²) in [5, 5.41) is 10.3. The molecule has 0 aliphatic heterocycles. The molecule has 2 nitrogen and oxygen atoms in total. The summed E-state index contributed by atoms with van der Waals surface area (Å²) in [5.41, 5.74) is -0.152. The van der Waals surface area contributed by atoms with Crippen molar-refractivity contribution in [3.05, 3.63) is 27.7 Å². The highest BCUT2D eigenvalue weighted by atomic mass is 32.1. The molecule has 0 unspecified atom stereocenters. The highest BCUT2D eigenvalue weighted by molar-refractivity contribution is 7.11.